The minimum Gasteiger partial charge on any atom is -0.457 e. The van der Waals surface area contributed by atoms with Crippen LogP contribution in [0.2, 0.25) is 0 Å². The van der Waals surface area contributed by atoms with Crippen molar-refractivity contribution in [1.29, 1.82) is 0 Å². The molecule has 2 aliphatic rings. The monoisotopic (exact) mass is 804 g/mol. The van der Waals surface area contributed by atoms with E-state index in [0.29, 0.717) is 5.56 Å². The Morgan fingerprint density at radius 2 is 0.945 bits per heavy atom. The van der Waals surface area contributed by atoms with Crippen LogP contribution in [0.5, 0.6) is 11.5 Å². The lowest BCUT2D eigenvalue weighted by Gasteiger charge is -2.13. The van der Waals surface area contributed by atoms with Crippen molar-refractivity contribution in [2.24, 2.45) is 0 Å². The van der Waals surface area contributed by atoms with E-state index >= 15 is 0 Å². The number of ether oxygens (including phenoxy) is 6. The molecule has 7 rings (SSSR count). The molecule has 0 bridgehead atoms. The Morgan fingerprint density at radius 3 is 1.51 bits per heavy atom. The van der Waals surface area contributed by atoms with Crippen molar-refractivity contribution in [2.75, 3.05) is 0 Å². The highest BCUT2D eigenvalue weighted by molar-refractivity contribution is 9.10. The van der Waals surface area contributed by atoms with Gasteiger partial charge in [0, 0.05) is 4.47 Å². The first-order valence-electron chi connectivity index (χ1n) is 16.0. The third kappa shape index (κ3) is 7.77. The van der Waals surface area contributed by atoms with E-state index in [4.69, 9.17) is 18.9 Å². The highest BCUT2D eigenvalue weighted by Gasteiger charge is 2.32. The first-order chi connectivity index (χ1) is 26.4. The van der Waals surface area contributed by atoms with Crippen molar-refractivity contribution >= 4 is 63.7 Å². The fraction of sp³-hybridized carbons (Fsp3) is 0.0500. The number of hydrogen-bond acceptors (Lipinski definition) is 14. The molecule has 0 radical (unpaired) electrons. The fourth-order valence-electron chi connectivity index (χ4n) is 5.35. The van der Waals surface area contributed by atoms with Crippen molar-refractivity contribution < 1.29 is 66.8 Å². The van der Waals surface area contributed by atoms with E-state index in [2.05, 4.69) is 25.4 Å². The summed E-state index contributed by atoms with van der Waals surface area (Å²) in [7, 11) is 0. The molecule has 5 aromatic rings. The summed E-state index contributed by atoms with van der Waals surface area (Å²) in [6.07, 6.45) is 0. The van der Waals surface area contributed by atoms with Crippen LogP contribution in [-0.4, -0.2) is 47.8 Å². The Kier molecular flexibility index (Phi) is 9.85. The normalized spacial score (nSPS) is 12.6. The van der Waals surface area contributed by atoms with Gasteiger partial charge in [0.1, 0.15) is 30.3 Å². The van der Waals surface area contributed by atoms with Crippen LogP contribution >= 0.6 is 15.9 Å². The minimum absolute atomic E-state index is 0.0177. The van der Waals surface area contributed by atoms with Crippen molar-refractivity contribution in [3.05, 3.63) is 163 Å². The number of carbonyl (C=O) groups excluding carboxylic acids is 8. The molecule has 0 atom stereocenters. The van der Waals surface area contributed by atoms with Crippen LogP contribution < -0.4 is 9.47 Å². The Balaban J connectivity index is 1.08. The first kappa shape index (κ1) is 36.1. The molecule has 272 valence electrons. The van der Waals surface area contributed by atoms with Crippen LogP contribution in [-0.2, 0) is 32.2 Å². The molecule has 2 aliphatic heterocycles. The summed E-state index contributed by atoms with van der Waals surface area (Å²) in [4.78, 5) is 99.9. The van der Waals surface area contributed by atoms with Gasteiger partial charge in [-0.15, -0.1) is 0 Å². The summed E-state index contributed by atoms with van der Waals surface area (Å²) in [5.74, 6) is -7.67. The number of esters is 8. The Bertz CT molecular complexity index is 2490. The molecule has 0 spiro atoms. The molecule has 5 aromatic carbocycles. The topological polar surface area (TPSA) is 192 Å². The van der Waals surface area contributed by atoms with E-state index in [1.807, 2.05) is 24.3 Å². The van der Waals surface area contributed by atoms with Crippen molar-refractivity contribution in [2.45, 2.75) is 13.2 Å². The molecular formula is C40H21BrO14. The van der Waals surface area contributed by atoms with Crippen LogP contribution in [0.4, 0.5) is 0 Å². The van der Waals surface area contributed by atoms with E-state index in [0.717, 1.165) is 34.3 Å². The van der Waals surface area contributed by atoms with Gasteiger partial charge in [-0.05, 0) is 90.0 Å². The second-order valence-corrected chi connectivity index (χ2v) is 12.7. The van der Waals surface area contributed by atoms with E-state index in [-0.39, 0.29) is 69.2 Å². The zero-order chi connectivity index (χ0) is 38.8. The lowest BCUT2D eigenvalue weighted by molar-refractivity contribution is 0.0425. The SMILES string of the molecule is O=C(OCc1ccc(Br)cc1)c1ccc(COC(=O)c2cc(OC(=O)c3ccc4c(c3)C(=O)OC4=O)ccc2OC(=O)c2ccc3c(c2)C(=O)OC3=O)cc1. The zero-order valence-electron chi connectivity index (χ0n) is 27.8. The highest BCUT2D eigenvalue weighted by atomic mass is 79.9. The van der Waals surface area contributed by atoms with Crippen LogP contribution in [0.1, 0.15) is 94.0 Å². The van der Waals surface area contributed by atoms with E-state index in [9.17, 15) is 38.4 Å². The fourth-order valence-corrected chi connectivity index (χ4v) is 5.61. The molecule has 0 unspecified atom stereocenters. The van der Waals surface area contributed by atoms with Gasteiger partial charge in [0.15, 0.2) is 0 Å². The first-order valence-corrected chi connectivity index (χ1v) is 16.8. The van der Waals surface area contributed by atoms with E-state index < -0.39 is 47.8 Å². The number of carbonyl (C=O) groups is 8. The molecule has 2 heterocycles. The summed E-state index contributed by atoms with van der Waals surface area (Å²) in [5, 5.41) is 0. The summed E-state index contributed by atoms with van der Waals surface area (Å²) >= 11 is 3.35. The quantitative estimate of drug-likeness (QED) is 0.0668. The van der Waals surface area contributed by atoms with Gasteiger partial charge in [-0.3, -0.25) is 0 Å². The molecule has 0 aromatic heterocycles. The van der Waals surface area contributed by atoms with Gasteiger partial charge < -0.3 is 28.4 Å². The molecule has 0 amide bonds. The maximum absolute atomic E-state index is 13.5. The average Bonchev–Trinajstić information content (AvgIpc) is 3.64. The Labute approximate surface area is 317 Å². The average molecular weight is 805 g/mol. The van der Waals surface area contributed by atoms with E-state index in [1.54, 1.807) is 12.1 Å². The lowest BCUT2D eigenvalue weighted by Crippen LogP contribution is -2.15. The third-order valence-electron chi connectivity index (χ3n) is 8.19. The van der Waals surface area contributed by atoms with Gasteiger partial charge in [0.2, 0.25) is 0 Å². The summed E-state index contributed by atoms with van der Waals surface area (Å²) in [6.45, 7) is -0.232. The molecular weight excluding hydrogens is 784 g/mol. The molecule has 14 nitrogen and oxygen atoms in total. The predicted molar refractivity (Wildman–Crippen MR) is 188 cm³/mol. The third-order valence-corrected chi connectivity index (χ3v) is 8.72. The predicted octanol–water partition coefficient (Wildman–Crippen LogP) is 6.22. The summed E-state index contributed by atoms with van der Waals surface area (Å²) < 4.78 is 31.8. The van der Waals surface area contributed by atoms with Crippen molar-refractivity contribution in [3.8, 4) is 11.5 Å². The second kappa shape index (κ2) is 15.0. The van der Waals surface area contributed by atoms with Crippen molar-refractivity contribution in [3.63, 3.8) is 0 Å². The van der Waals surface area contributed by atoms with Gasteiger partial charge in [0.25, 0.3) is 0 Å². The van der Waals surface area contributed by atoms with Crippen molar-refractivity contribution in [1.82, 2.24) is 0 Å². The molecule has 0 N–H and O–H groups in total. The van der Waals surface area contributed by atoms with Gasteiger partial charge in [0.05, 0.1) is 38.9 Å². The van der Waals surface area contributed by atoms with Crippen LogP contribution in [0.25, 0.3) is 0 Å². The lowest BCUT2D eigenvalue weighted by atomic mass is 10.1. The molecule has 55 heavy (non-hydrogen) atoms. The number of rotatable bonds is 10. The summed E-state index contributed by atoms with van der Waals surface area (Å²) in [5.41, 5.74) is 0.596. The number of hydrogen-bond donors (Lipinski definition) is 0. The Morgan fingerprint density at radius 1 is 0.473 bits per heavy atom. The molecule has 15 heteroatoms. The van der Waals surface area contributed by atoms with Crippen LogP contribution in [0, 0.1) is 0 Å². The van der Waals surface area contributed by atoms with Gasteiger partial charge >= 0.3 is 47.8 Å². The van der Waals surface area contributed by atoms with Gasteiger partial charge in [-0.25, -0.2) is 38.4 Å². The molecule has 0 saturated heterocycles. The van der Waals surface area contributed by atoms with Gasteiger partial charge in [-0.1, -0.05) is 40.2 Å². The maximum Gasteiger partial charge on any atom is 0.346 e. The standard InChI is InChI=1S/C40H21BrO14/c41-25-9-3-21(4-10-25)18-50-33(42)22-5-1-20(2-6-22)19-51-36(45)31-17-26(52-34(43)23-7-12-27-29(15-23)39(48)54-37(27)46)11-14-32(31)53-35(44)24-8-13-28-30(16-24)40(49)55-38(28)47/h1-17H,18-19H2. The second-order valence-electron chi connectivity index (χ2n) is 11.8. The summed E-state index contributed by atoms with van der Waals surface area (Å²) in [6, 6.07) is 24.0. The number of halogens is 1. The smallest absolute Gasteiger partial charge is 0.346 e. The molecule has 0 aliphatic carbocycles. The van der Waals surface area contributed by atoms with E-state index in [1.165, 1.54) is 42.5 Å². The number of cyclic esters (lactones) is 4. The van der Waals surface area contributed by atoms with Crippen LogP contribution in [0.3, 0.4) is 0 Å². The molecule has 0 saturated carbocycles. The largest absolute Gasteiger partial charge is 0.457 e. The highest BCUT2D eigenvalue weighted by Crippen LogP contribution is 2.29. The maximum atomic E-state index is 13.5. The number of fused-ring (bicyclic) bond motifs is 2. The Hall–Kier alpha value is -7.26. The number of benzene rings is 5. The zero-order valence-corrected chi connectivity index (χ0v) is 29.4. The van der Waals surface area contributed by atoms with Gasteiger partial charge in [-0.2, -0.15) is 0 Å². The molecule has 0 fully saturated rings. The van der Waals surface area contributed by atoms with Crippen LogP contribution in [0.15, 0.2) is 108 Å². The minimum atomic E-state index is -1.02.